The second-order valence-electron chi connectivity index (χ2n) is 5.52. The van der Waals surface area contributed by atoms with Crippen LogP contribution in [0.15, 0.2) is 24.3 Å². The van der Waals surface area contributed by atoms with Gasteiger partial charge >= 0.3 is 0 Å². The van der Waals surface area contributed by atoms with Crippen molar-refractivity contribution in [1.82, 2.24) is 9.97 Å². The summed E-state index contributed by atoms with van der Waals surface area (Å²) in [7, 11) is 0. The fourth-order valence-corrected chi connectivity index (χ4v) is 3.02. The SMILES string of the molecule is Cc1cc(Nc2cc(Cl)cc(Cl)c2)nc(NCC2CCCO2)n1. The number of nitrogens with zero attached hydrogens (tertiary/aromatic N) is 2. The minimum atomic E-state index is 0.238. The molecule has 5 nitrogen and oxygen atoms in total. The Hall–Kier alpha value is -1.56. The van der Waals surface area contributed by atoms with Gasteiger partial charge in [0.2, 0.25) is 5.95 Å². The normalized spacial score (nSPS) is 17.3. The van der Waals surface area contributed by atoms with Gasteiger partial charge in [0.15, 0.2) is 0 Å². The number of rotatable bonds is 5. The van der Waals surface area contributed by atoms with Crippen molar-refractivity contribution in [2.45, 2.75) is 25.9 Å². The van der Waals surface area contributed by atoms with Gasteiger partial charge in [-0.25, -0.2) is 4.98 Å². The molecule has 1 aromatic heterocycles. The third kappa shape index (κ3) is 4.70. The number of aryl methyl sites for hydroxylation is 1. The fourth-order valence-electron chi connectivity index (χ4n) is 2.50. The summed E-state index contributed by atoms with van der Waals surface area (Å²) in [5.41, 5.74) is 1.65. The molecular weight excluding hydrogens is 335 g/mol. The smallest absolute Gasteiger partial charge is 0.224 e. The molecule has 1 unspecified atom stereocenters. The average Bonchev–Trinajstić information content (AvgIpc) is 2.96. The third-order valence-electron chi connectivity index (χ3n) is 3.50. The van der Waals surface area contributed by atoms with Crippen molar-refractivity contribution >= 4 is 40.7 Å². The summed E-state index contributed by atoms with van der Waals surface area (Å²) in [6.45, 7) is 3.48. The molecule has 23 heavy (non-hydrogen) atoms. The molecule has 7 heteroatoms. The maximum absolute atomic E-state index is 6.02. The number of anilines is 3. The monoisotopic (exact) mass is 352 g/mol. The van der Waals surface area contributed by atoms with Crippen LogP contribution in [0, 0.1) is 6.92 Å². The zero-order valence-corrected chi connectivity index (χ0v) is 14.3. The van der Waals surface area contributed by atoms with E-state index in [0.717, 1.165) is 30.8 Å². The van der Waals surface area contributed by atoms with Crippen LogP contribution in [0.5, 0.6) is 0 Å². The first kappa shape index (κ1) is 16.3. The molecule has 122 valence electrons. The van der Waals surface area contributed by atoms with Crippen LogP contribution in [-0.4, -0.2) is 29.2 Å². The average molecular weight is 353 g/mol. The van der Waals surface area contributed by atoms with Crippen molar-refractivity contribution < 1.29 is 4.74 Å². The lowest BCUT2D eigenvalue weighted by Gasteiger charge is -2.13. The first-order valence-corrected chi connectivity index (χ1v) is 8.28. The van der Waals surface area contributed by atoms with Crippen molar-refractivity contribution in [3.63, 3.8) is 0 Å². The number of hydrogen-bond acceptors (Lipinski definition) is 5. The van der Waals surface area contributed by atoms with Crippen LogP contribution in [0.2, 0.25) is 10.0 Å². The molecule has 0 radical (unpaired) electrons. The maximum Gasteiger partial charge on any atom is 0.224 e. The van der Waals surface area contributed by atoms with E-state index in [0.29, 0.717) is 28.4 Å². The Balaban J connectivity index is 1.71. The number of ether oxygens (including phenoxy) is 1. The zero-order chi connectivity index (χ0) is 16.2. The molecule has 2 N–H and O–H groups in total. The summed E-state index contributed by atoms with van der Waals surface area (Å²) in [5, 5.41) is 7.58. The lowest BCUT2D eigenvalue weighted by atomic mass is 10.2. The third-order valence-corrected chi connectivity index (χ3v) is 3.94. The Kier molecular flexibility index (Phi) is 5.20. The molecular formula is C16H18Cl2N4O. The van der Waals surface area contributed by atoms with Gasteiger partial charge in [-0.3, -0.25) is 0 Å². The molecule has 1 atom stereocenters. The van der Waals surface area contributed by atoms with Gasteiger partial charge in [-0.15, -0.1) is 0 Å². The van der Waals surface area contributed by atoms with Gasteiger partial charge in [0.05, 0.1) is 6.10 Å². The largest absolute Gasteiger partial charge is 0.376 e. The van der Waals surface area contributed by atoms with Crippen molar-refractivity contribution in [2.75, 3.05) is 23.8 Å². The molecule has 0 bridgehead atoms. The minimum Gasteiger partial charge on any atom is -0.376 e. The lowest BCUT2D eigenvalue weighted by molar-refractivity contribution is 0.120. The summed E-state index contributed by atoms with van der Waals surface area (Å²) < 4.78 is 5.59. The van der Waals surface area contributed by atoms with Gasteiger partial charge in [0.1, 0.15) is 5.82 Å². The van der Waals surface area contributed by atoms with E-state index in [2.05, 4.69) is 20.6 Å². The number of benzene rings is 1. The van der Waals surface area contributed by atoms with E-state index >= 15 is 0 Å². The summed E-state index contributed by atoms with van der Waals surface area (Å²) in [6, 6.07) is 7.15. The highest BCUT2D eigenvalue weighted by Crippen LogP contribution is 2.25. The first-order valence-electron chi connectivity index (χ1n) is 7.53. The van der Waals surface area contributed by atoms with Gasteiger partial charge in [-0.05, 0) is 38.0 Å². The predicted molar refractivity (Wildman–Crippen MR) is 94.0 cm³/mol. The van der Waals surface area contributed by atoms with Crippen molar-refractivity contribution in [1.29, 1.82) is 0 Å². The van der Waals surface area contributed by atoms with Gasteiger partial charge in [-0.2, -0.15) is 4.98 Å². The van der Waals surface area contributed by atoms with E-state index in [4.69, 9.17) is 27.9 Å². The number of halogens is 2. The highest BCUT2D eigenvalue weighted by Gasteiger charge is 2.15. The standard InChI is InChI=1S/C16H18Cl2N4O/c1-10-5-15(21-13-7-11(17)6-12(18)8-13)22-16(20-10)19-9-14-3-2-4-23-14/h5-8,14H,2-4,9H2,1H3,(H2,19,20,21,22). The molecule has 1 saturated heterocycles. The Bertz CT molecular complexity index is 670. The highest BCUT2D eigenvalue weighted by atomic mass is 35.5. The van der Waals surface area contributed by atoms with E-state index in [1.54, 1.807) is 18.2 Å². The summed E-state index contributed by atoms with van der Waals surface area (Å²) >= 11 is 12.0. The van der Waals surface area contributed by atoms with Crippen LogP contribution in [0.25, 0.3) is 0 Å². The van der Waals surface area contributed by atoms with Crippen molar-refractivity contribution in [2.24, 2.45) is 0 Å². The van der Waals surface area contributed by atoms with E-state index in [1.165, 1.54) is 0 Å². The van der Waals surface area contributed by atoms with E-state index in [1.807, 2.05) is 13.0 Å². The summed E-state index contributed by atoms with van der Waals surface area (Å²) in [5.74, 6) is 1.27. The summed E-state index contributed by atoms with van der Waals surface area (Å²) in [6.07, 6.45) is 2.43. The topological polar surface area (TPSA) is 59.1 Å². The van der Waals surface area contributed by atoms with Crippen LogP contribution in [0.1, 0.15) is 18.5 Å². The van der Waals surface area contributed by atoms with Crippen LogP contribution in [0.4, 0.5) is 17.5 Å². The maximum atomic E-state index is 6.02. The predicted octanol–water partition coefficient (Wildman–Crippen LogP) is 4.43. The summed E-state index contributed by atoms with van der Waals surface area (Å²) in [4.78, 5) is 8.88. The first-order chi connectivity index (χ1) is 11.1. The van der Waals surface area contributed by atoms with Gasteiger partial charge in [-0.1, -0.05) is 23.2 Å². The molecule has 1 fully saturated rings. The Labute approximate surface area is 145 Å². The Morgan fingerprint density at radius 1 is 1.17 bits per heavy atom. The van der Waals surface area contributed by atoms with E-state index in [9.17, 15) is 0 Å². The lowest BCUT2D eigenvalue weighted by Crippen LogP contribution is -2.20. The number of nitrogens with one attached hydrogen (secondary N) is 2. The molecule has 0 spiro atoms. The Morgan fingerprint density at radius 3 is 2.65 bits per heavy atom. The molecule has 0 amide bonds. The molecule has 1 aromatic carbocycles. The fraction of sp³-hybridized carbons (Fsp3) is 0.375. The zero-order valence-electron chi connectivity index (χ0n) is 12.8. The second kappa shape index (κ2) is 7.34. The molecule has 2 aromatic rings. The van der Waals surface area contributed by atoms with Gasteiger partial charge in [0.25, 0.3) is 0 Å². The van der Waals surface area contributed by atoms with Crippen molar-refractivity contribution in [3.05, 3.63) is 40.0 Å². The van der Waals surface area contributed by atoms with Gasteiger partial charge < -0.3 is 15.4 Å². The van der Waals surface area contributed by atoms with Crippen LogP contribution in [-0.2, 0) is 4.74 Å². The van der Waals surface area contributed by atoms with Gasteiger partial charge in [0, 0.05) is 40.6 Å². The molecule has 0 aliphatic carbocycles. The van der Waals surface area contributed by atoms with E-state index < -0.39 is 0 Å². The molecule has 1 aliphatic rings. The Morgan fingerprint density at radius 2 is 1.96 bits per heavy atom. The highest BCUT2D eigenvalue weighted by molar-refractivity contribution is 6.35. The number of hydrogen-bond donors (Lipinski definition) is 2. The van der Waals surface area contributed by atoms with Crippen LogP contribution < -0.4 is 10.6 Å². The number of aromatic nitrogens is 2. The quantitative estimate of drug-likeness (QED) is 0.833. The molecule has 1 aliphatic heterocycles. The molecule has 3 rings (SSSR count). The van der Waals surface area contributed by atoms with E-state index in [-0.39, 0.29) is 6.10 Å². The minimum absolute atomic E-state index is 0.238. The van der Waals surface area contributed by atoms with Crippen LogP contribution in [0.3, 0.4) is 0 Å². The van der Waals surface area contributed by atoms with Crippen molar-refractivity contribution in [3.8, 4) is 0 Å². The van der Waals surface area contributed by atoms with Crippen LogP contribution >= 0.6 is 23.2 Å². The second-order valence-corrected chi connectivity index (χ2v) is 6.39. The molecule has 0 saturated carbocycles. The molecule has 2 heterocycles.